The summed E-state index contributed by atoms with van der Waals surface area (Å²) in [6.45, 7) is 3.67. The van der Waals surface area contributed by atoms with Gasteiger partial charge in [0.05, 0.1) is 6.04 Å². The Kier molecular flexibility index (Phi) is 4.88. The van der Waals surface area contributed by atoms with E-state index in [1.54, 1.807) is 20.0 Å². The lowest BCUT2D eigenvalue weighted by atomic mass is 10.1. The number of primary amides is 1. The van der Waals surface area contributed by atoms with Crippen LogP contribution < -0.4 is 16.8 Å². The van der Waals surface area contributed by atoms with E-state index in [0.717, 1.165) is 5.56 Å². The molecule has 0 bridgehead atoms. The molecule has 1 rings (SSSR count). The van der Waals surface area contributed by atoms with E-state index in [1.165, 1.54) is 0 Å². The maximum atomic E-state index is 11.7. The molecule has 0 aromatic heterocycles. The van der Waals surface area contributed by atoms with Crippen LogP contribution in [-0.2, 0) is 4.79 Å². The number of nitrogens with two attached hydrogens (primary N) is 2. The van der Waals surface area contributed by atoms with E-state index in [-0.39, 0.29) is 6.04 Å². The first-order valence-electron chi connectivity index (χ1n) is 6.00. The highest BCUT2D eigenvalue weighted by molar-refractivity contribution is 5.96. The average molecular weight is 264 g/mol. The minimum absolute atomic E-state index is 0.0165. The lowest BCUT2D eigenvalue weighted by Crippen LogP contribution is -2.47. The number of nitrogen functional groups attached to an aromatic ring is 1. The first-order valence-corrected chi connectivity index (χ1v) is 6.00. The van der Waals surface area contributed by atoms with Crippen LogP contribution in [-0.4, -0.2) is 29.9 Å². The summed E-state index contributed by atoms with van der Waals surface area (Å²) in [5, 5.41) is 2.07. The summed E-state index contributed by atoms with van der Waals surface area (Å²) in [6.07, 6.45) is 0. The third-order valence-corrected chi connectivity index (χ3v) is 3.24. The van der Waals surface area contributed by atoms with E-state index in [4.69, 9.17) is 11.5 Å². The Hall–Kier alpha value is -2.08. The third kappa shape index (κ3) is 3.96. The number of benzene rings is 1. The van der Waals surface area contributed by atoms with E-state index in [9.17, 15) is 9.59 Å². The highest BCUT2D eigenvalue weighted by Gasteiger charge is 2.23. The number of hydrogen-bond donors (Lipinski definition) is 3. The fourth-order valence-electron chi connectivity index (χ4n) is 1.80. The minimum Gasteiger partial charge on any atom is -0.399 e. The zero-order valence-electron chi connectivity index (χ0n) is 11.4. The van der Waals surface area contributed by atoms with Crippen LogP contribution in [0.15, 0.2) is 24.3 Å². The molecule has 2 unspecified atom stereocenters. The molecule has 0 fully saturated rings. The van der Waals surface area contributed by atoms with Gasteiger partial charge in [-0.05, 0) is 38.6 Å². The molecule has 19 heavy (non-hydrogen) atoms. The van der Waals surface area contributed by atoms with Crippen molar-refractivity contribution in [2.45, 2.75) is 25.9 Å². The predicted octanol–water partition coefficient (Wildman–Crippen LogP) is 0.845. The van der Waals surface area contributed by atoms with Crippen LogP contribution in [0.2, 0.25) is 0 Å². The van der Waals surface area contributed by atoms with Crippen LogP contribution in [0, 0.1) is 0 Å². The second-order valence-corrected chi connectivity index (χ2v) is 4.54. The maximum absolute atomic E-state index is 11.7. The summed E-state index contributed by atoms with van der Waals surface area (Å²) in [4.78, 5) is 24.2. The van der Waals surface area contributed by atoms with Gasteiger partial charge in [0.15, 0.2) is 0 Å². The van der Waals surface area contributed by atoms with Gasteiger partial charge in [0.25, 0.3) is 0 Å². The summed E-state index contributed by atoms with van der Waals surface area (Å²) >= 11 is 0. The molecule has 2 atom stereocenters. The molecule has 6 heteroatoms. The zero-order chi connectivity index (χ0) is 14.6. The number of nitrogens with one attached hydrogen (secondary N) is 1. The van der Waals surface area contributed by atoms with Crippen molar-refractivity contribution in [3.63, 3.8) is 0 Å². The molecule has 0 aliphatic rings. The highest BCUT2D eigenvalue weighted by atomic mass is 16.2. The van der Waals surface area contributed by atoms with Crippen LogP contribution in [0.5, 0.6) is 0 Å². The van der Waals surface area contributed by atoms with Gasteiger partial charge in [0.1, 0.15) is 0 Å². The second kappa shape index (κ2) is 6.19. The lowest BCUT2D eigenvalue weighted by molar-refractivity contribution is -0.124. The van der Waals surface area contributed by atoms with Crippen LogP contribution in [0.4, 0.5) is 10.5 Å². The van der Waals surface area contributed by atoms with Crippen molar-refractivity contribution in [2.75, 3.05) is 12.8 Å². The number of carbonyl (C=O) groups is 2. The van der Waals surface area contributed by atoms with Gasteiger partial charge in [0, 0.05) is 11.7 Å². The molecule has 1 aromatic carbocycles. The third-order valence-electron chi connectivity index (χ3n) is 3.24. The highest BCUT2D eigenvalue weighted by Crippen LogP contribution is 2.22. The molecule has 0 aliphatic carbocycles. The number of hydrogen-bond acceptors (Lipinski definition) is 4. The number of likely N-dealkylation sites (N-methyl/N-ethyl adjacent to an activating group) is 1. The molecule has 5 N–H and O–H groups in total. The van der Waals surface area contributed by atoms with E-state index < -0.39 is 18.0 Å². The summed E-state index contributed by atoms with van der Waals surface area (Å²) in [6, 6.07) is 6.13. The van der Waals surface area contributed by atoms with Gasteiger partial charge in [-0.25, -0.2) is 4.79 Å². The van der Waals surface area contributed by atoms with Gasteiger partial charge in [-0.1, -0.05) is 12.1 Å². The largest absolute Gasteiger partial charge is 0.399 e. The van der Waals surface area contributed by atoms with Crippen molar-refractivity contribution >= 4 is 17.6 Å². The number of imide groups is 1. The summed E-state index contributed by atoms with van der Waals surface area (Å²) in [5.41, 5.74) is 12.3. The van der Waals surface area contributed by atoms with Gasteiger partial charge in [0.2, 0.25) is 5.91 Å². The number of urea groups is 1. The van der Waals surface area contributed by atoms with Crippen LogP contribution >= 0.6 is 0 Å². The Labute approximate surface area is 112 Å². The quantitative estimate of drug-likeness (QED) is 0.701. The van der Waals surface area contributed by atoms with Gasteiger partial charge in [-0.3, -0.25) is 15.0 Å². The molecule has 0 saturated carbocycles. The monoisotopic (exact) mass is 264 g/mol. The number of anilines is 1. The summed E-state index contributed by atoms with van der Waals surface area (Å²) in [5.74, 6) is -0.425. The van der Waals surface area contributed by atoms with Crippen molar-refractivity contribution in [1.29, 1.82) is 0 Å². The average Bonchev–Trinajstić information content (AvgIpc) is 2.35. The van der Waals surface area contributed by atoms with Gasteiger partial charge in [-0.2, -0.15) is 0 Å². The van der Waals surface area contributed by atoms with Crippen molar-refractivity contribution in [3.05, 3.63) is 29.8 Å². The zero-order valence-corrected chi connectivity index (χ0v) is 11.4. The Morgan fingerprint density at radius 1 is 1.32 bits per heavy atom. The number of carbonyl (C=O) groups excluding carboxylic acids is 2. The molecular formula is C13H20N4O2. The fourth-order valence-corrected chi connectivity index (χ4v) is 1.80. The first-order chi connectivity index (χ1) is 8.82. The van der Waals surface area contributed by atoms with Gasteiger partial charge >= 0.3 is 6.03 Å². The van der Waals surface area contributed by atoms with Gasteiger partial charge in [-0.15, -0.1) is 0 Å². The molecular weight excluding hydrogens is 244 g/mol. The summed E-state index contributed by atoms with van der Waals surface area (Å²) in [7, 11) is 1.80. The van der Waals surface area contributed by atoms with E-state index in [1.807, 2.05) is 30.0 Å². The first kappa shape index (κ1) is 15.0. The molecule has 0 spiro atoms. The maximum Gasteiger partial charge on any atom is 0.318 e. The van der Waals surface area contributed by atoms with Crippen molar-refractivity contribution < 1.29 is 9.59 Å². The van der Waals surface area contributed by atoms with Crippen molar-refractivity contribution in [1.82, 2.24) is 10.2 Å². The van der Waals surface area contributed by atoms with E-state index in [2.05, 4.69) is 5.32 Å². The molecule has 6 nitrogen and oxygen atoms in total. The molecule has 0 radical (unpaired) electrons. The predicted molar refractivity (Wildman–Crippen MR) is 74.2 cm³/mol. The smallest absolute Gasteiger partial charge is 0.318 e. The lowest BCUT2D eigenvalue weighted by Gasteiger charge is -2.30. The topological polar surface area (TPSA) is 101 Å². The molecule has 3 amide bonds. The van der Waals surface area contributed by atoms with Crippen LogP contribution in [0.25, 0.3) is 0 Å². The van der Waals surface area contributed by atoms with Crippen LogP contribution in [0.3, 0.4) is 0 Å². The Morgan fingerprint density at radius 3 is 2.47 bits per heavy atom. The van der Waals surface area contributed by atoms with Crippen LogP contribution in [0.1, 0.15) is 25.5 Å². The van der Waals surface area contributed by atoms with E-state index in [0.29, 0.717) is 5.69 Å². The molecule has 0 aliphatic heterocycles. The Balaban J connectivity index is 2.79. The summed E-state index contributed by atoms with van der Waals surface area (Å²) < 4.78 is 0. The molecule has 0 saturated heterocycles. The van der Waals surface area contributed by atoms with Crippen molar-refractivity contribution in [2.24, 2.45) is 5.73 Å². The number of rotatable bonds is 4. The normalized spacial score (nSPS) is 13.9. The van der Waals surface area contributed by atoms with Crippen molar-refractivity contribution in [3.8, 4) is 0 Å². The number of amides is 3. The standard InChI is InChI=1S/C13H20N4O2/c1-8(10-5-4-6-11(14)7-10)17(3)9(2)12(18)16-13(15)19/h4-9H,14H2,1-3H3,(H3,15,16,18,19). The molecule has 0 heterocycles. The minimum atomic E-state index is -0.846. The SMILES string of the molecule is CC(C(=O)NC(N)=O)N(C)C(C)c1cccc(N)c1. The molecule has 104 valence electrons. The Morgan fingerprint density at radius 2 is 1.95 bits per heavy atom. The molecule has 1 aromatic rings. The Bertz CT molecular complexity index is 475. The second-order valence-electron chi connectivity index (χ2n) is 4.54. The van der Waals surface area contributed by atoms with Gasteiger partial charge < -0.3 is 11.5 Å². The number of nitrogens with zero attached hydrogens (tertiary/aromatic N) is 1. The fraction of sp³-hybridized carbons (Fsp3) is 0.385. The van der Waals surface area contributed by atoms with E-state index >= 15 is 0 Å².